The van der Waals surface area contributed by atoms with Crippen LogP contribution in [0.25, 0.3) is 0 Å². The van der Waals surface area contributed by atoms with E-state index >= 15 is 0 Å². The fraction of sp³-hybridized carbons (Fsp3) is 0.375. The molecule has 1 N–H and O–H groups in total. The standard InChI is InChI=1S/C32H38ClFN4O4S/c1-36(2)43(41,42)38(29-16-10-9-15-28(29)34)23-31(39)37(22-25-17-19-26(33)20-18-25)30(21-24-11-5-3-6-12-24)32(40)35-27-13-7-4-8-14-27/h3,5-6,9-12,15-20,27,30H,4,7-8,13-14,21-23H2,1-2H3,(H,35,40)/t30-/m1/s1. The van der Waals surface area contributed by atoms with Gasteiger partial charge in [0, 0.05) is 38.1 Å². The van der Waals surface area contributed by atoms with Gasteiger partial charge in [0.1, 0.15) is 18.4 Å². The summed E-state index contributed by atoms with van der Waals surface area (Å²) in [5.74, 6) is -1.75. The first-order valence-electron chi connectivity index (χ1n) is 14.4. The third kappa shape index (κ3) is 8.55. The Morgan fingerprint density at radius 3 is 2.16 bits per heavy atom. The summed E-state index contributed by atoms with van der Waals surface area (Å²) in [5, 5.41) is 3.67. The minimum Gasteiger partial charge on any atom is -0.352 e. The van der Waals surface area contributed by atoms with Gasteiger partial charge in [0.05, 0.1) is 5.69 Å². The van der Waals surface area contributed by atoms with Gasteiger partial charge in [-0.1, -0.05) is 85.5 Å². The van der Waals surface area contributed by atoms with Crippen molar-refractivity contribution in [2.24, 2.45) is 0 Å². The molecule has 1 atom stereocenters. The number of hydrogen-bond donors (Lipinski definition) is 1. The first-order chi connectivity index (χ1) is 20.6. The Morgan fingerprint density at radius 2 is 1.53 bits per heavy atom. The highest BCUT2D eigenvalue weighted by molar-refractivity contribution is 7.90. The highest BCUT2D eigenvalue weighted by Crippen LogP contribution is 2.25. The Balaban J connectivity index is 1.75. The summed E-state index contributed by atoms with van der Waals surface area (Å²) in [6.07, 6.45) is 5.07. The highest BCUT2D eigenvalue weighted by atomic mass is 35.5. The highest BCUT2D eigenvalue weighted by Gasteiger charge is 2.36. The van der Waals surface area contributed by atoms with E-state index in [9.17, 15) is 22.4 Å². The van der Waals surface area contributed by atoms with Gasteiger partial charge < -0.3 is 10.2 Å². The third-order valence-electron chi connectivity index (χ3n) is 7.63. The Kier molecular flexibility index (Phi) is 11.2. The SMILES string of the molecule is CN(C)S(=O)(=O)N(CC(=O)N(Cc1ccc(Cl)cc1)[C@H](Cc1ccccc1)C(=O)NC1CCCCC1)c1ccccc1F. The van der Waals surface area contributed by atoms with Gasteiger partial charge in [0.15, 0.2) is 0 Å². The molecule has 0 heterocycles. The van der Waals surface area contributed by atoms with E-state index < -0.39 is 34.5 Å². The molecule has 4 rings (SSSR count). The molecule has 0 aromatic heterocycles. The zero-order valence-corrected chi connectivity index (χ0v) is 26.0. The zero-order chi connectivity index (χ0) is 31.0. The molecular formula is C32H38ClFN4O4S. The molecule has 0 aliphatic heterocycles. The van der Waals surface area contributed by atoms with Crippen LogP contribution < -0.4 is 9.62 Å². The van der Waals surface area contributed by atoms with Crippen molar-refractivity contribution in [1.82, 2.24) is 14.5 Å². The summed E-state index contributed by atoms with van der Waals surface area (Å²) in [7, 11) is -1.66. The molecular weight excluding hydrogens is 591 g/mol. The quantitative estimate of drug-likeness (QED) is 0.299. The summed E-state index contributed by atoms with van der Waals surface area (Å²) in [5.41, 5.74) is 1.28. The molecule has 2 amide bonds. The van der Waals surface area contributed by atoms with Gasteiger partial charge in [-0.15, -0.1) is 0 Å². The van der Waals surface area contributed by atoms with Crippen LogP contribution in [0.5, 0.6) is 0 Å². The number of carbonyl (C=O) groups is 2. The minimum atomic E-state index is -4.29. The average Bonchev–Trinajstić information content (AvgIpc) is 3.00. The lowest BCUT2D eigenvalue weighted by Crippen LogP contribution is -2.55. The number of rotatable bonds is 12. The number of amides is 2. The van der Waals surface area contributed by atoms with Crippen LogP contribution in [0.15, 0.2) is 78.9 Å². The fourth-order valence-corrected chi connectivity index (χ4v) is 6.43. The van der Waals surface area contributed by atoms with E-state index in [4.69, 9.17) is 11.6 Å². The van der Waals surface area contributed by atoms with Crippen LogP contribution in [0, 0.1) is 5.82 Å². The fourth-order valence-electron chi connectivity index (χ4n) is 5.24. The number of benzene rings is 3. The van der Waals surface area contributed by atoms with E-state index in [2.05, 4.69) is 5.32 Å². The summed E-state index contributed by atoms with van der Waals surface area (Å²) in [6, 6.07) is 20.7. The summed E-state index contributed by atoms with van der Waals surface area (Å²) in [6.45, 7) is -0.699. The van der Waals surface area contributed by atoms with Gasteiger partial charge >= 0.3 is 10.2 Å². The number of para-hydroxylation sites is 1. The molecule has 0 radical (unpaired) electrons. The predicted octanol–water partition coefficient (Wildman–Crippen LogP) is 5.18. The number of nitrogens with one attached hydrogen (secondary N) is 1. The van der Waals surface area contributed by atoms with Crippen molar-refractivity contribution in [1.29, 1.82) is 0 Å². The van der Waals surface area contributed by atoms with Crippen LogP contribution in [0.3, 0.4) is 0 Å². The first-order valence-corrected chi connectivity index (χ1v) is 16.2. The predicted molar refractivity (Wildman–Crippen MR) is 167 cm³/mol. The van der Waals surface area contributed by atoms with Gasteiger partial charge in [-0.2, -0.15) is 12.7 Å². The molecule has 11 heteroatoms. The van der Waals surface area contributed by atoms with Crippen molar-refractivity contribution in [3.63, 3.8) is 0 Å². The summed E-state index contributed by atoms with van der Waals surface area (Å²) >= 11 is 6.11. The lowest BCUT2D eigenvalue weighted by atomic mass is 9.94. The van der Waals surface area contributed by atoms with E-state index in [0.717, 1.165) is 52.3 Å². The maximum Gasteiger partial charge on any atom is 0.304 e. The first kappa shape index (κ1) is 32.4. The van der Waals surface area contributed by atoms with E-state index in [0.29, 0.717) is 10.6 Å². The molecule has 3 aromatic carbocycles. The molecule has 0 bridgehead atoms. The van der Waals surface area contributed by atoms with Crippen molar-refractivity contribution < 1.29 is 22.4 Å². The van der Waals surface area contributed by atoms with Crippen LogP contribution in [-0.4, -0.2) is 62.2 Å². The molecule has 230 valence electrons. The molecule has 43 heavy (non-hydrogen) atoms. The van der Waals surface area contributed by atoms with Crippen LogP contribution in [0.4, 0.5) is 10.1 Å². The monoisotopic (exact) mass is 628 g/mol. The lowest BCUT2D eigenvalue weighted by molar-refractivity contribution is -0.140. The lowest BCUT2D eigenvalue weighted by Gasteiger charge is -2.35. The van der Waals surface area contributed by atoms with Gasteiger partial charge in [-0.25, -0.2) is 8.70 Å². The maximum atomic E-state index is 15.0. The van der Waals surface area contributed by atoms with Crippen molar-refractivity contribution in [2.75, 3.05) is 24.9 Å². The van der Waals surface area contributed by atoms with Crippen LogP contribution in [0.1, 0.15) is 43.2 Å². The van der Waals surface area contributed by atoms with Crippen molar-refractivity contribution in [3.05, 3.63) is 101 Å². The molecule has 1 aliphatic rings. The summed E-state index contributed by atoms with van der Waals surface area (Å²) in [4.78, 5) is 29.7. The maximum absolute atomic E-state index is 15.0. The van der Waals surface area contributed by atoms with Gasteiger partial charge in [0.25, 0.3) is 0 Å². The number of carbonyl (C=O) groups excluding carboxylic acids is 2. The van der Waals surface area contributed by atoms with Gasteiger partial charge in [-0.05, 0) is 48.2 Å². The molecule has 0 spiro atoms. The van der Waals surface area contributed by atoms with Crippen molar-refractivity contribution >= 4 is 39.3 Å². The molecule has 1 aliphatic carbocycles. The Morgan fingerprint density at radius 1 is 0.907 bits per heavy atom. The van der Waals surface area contributed by atoms with Crippen molar-refractivity contribution in [3.8, 4) is 0 Å². The molecule has 1 fully saturated rings. The molecule has 0 saturated heterocycles. The van der Waals surface area contributed by atoms with Crippen molar-refractivity contribution in [2.45, 2.75) is 57.2 Å². The van der Waals surface area contributed by atoms with Crippen LogP contribution >= 0.6 is 11.6 Å². The molecule has 3 aromatic rings. The molecule has 0 unspecified atom stereocenters. The van der Waals surface area contributed by atoms with Crippen LogP contribution in [-0.2, 0) is 32.8 Å². The van der Waals surface area contributed by atoms with E-state index in [1.165, 1.54) is 37.2 Å². The van der Waals surface area contributed by atoms with Gasteiger partial charge in [0.2, 0.25) is 11.8 Å². The molecule has 1 saturated carbocycles. The van der Waals surface area contributed by atoms with Gasteiger partial charge in [-0.3, -0.25) is 9.59 Å². The van der Waals surface area contributed by atoms with E-state index in [1.54, 1.807) is 24.3 Å². The summed E-state index contributed by atoms with van der Waals surface area (Å²) < 4.78 is 43.5. The largest absolute Gasteiger partial charge is 0.352 e. The normalized spacial score (nSPS) is 14.7. The third-order valence-corrected chi connectivity index (χ3v) is 9.69. The number of hydrogen-bond acceptors (Lipinski definition) is 4. The van der Waals surface area contributed by atoms with E-state index in [1.807, 2.05) is 30.3 Å². The van der Waals surface area contributed by atoms with E-state index in [-0.39, 0.29) is 30.6 Å². The minimum absolute atomic E-state index is 0.00367. The second-order valence-corrected chi connectivity index (χ2v) is 13.4. The zero-order valence-electron chi connectivity index (χ0n) is 24.5. The Bertz CT molecular complexity index is 1480. The Hall–Kier alpha value is -3.47. The molecule has 8 nitrogen and oxygen atoms in total. The average molecular weight is 629 g/mol. The van der Waals surface area contributed by atoms with Crippen LogP contribution in [0.2, 0.25) is 5.02 Å². The smallest absolute Gasteiger partial charge is 0.304 e. The Labute approximate surface area is 258 Å². The number of halogens is 2. The number of nitrogens with zero attached hydrogens (tertiary/aromatic N) is 3. The number of anilines is 1. The second kappa shape index (κ2) is 14.8. The topological polar surface area (TPSA) is 90.0 Å². The second-order valence-electron chi connectivity index (χ2n) is 10.9.